The first-order chi connectivity index (χ1) is 12.6. The molecule has 0 unspecified atom stereocenters. The normalized spacial score (nSPS) is 10.3. The number of hydrogen-bond acceptors (Lipinski definition) is 6. The van der Waals surface area contributed by atoms with Gasteiger partial charge in [-0.15, -0.1) is 0 Å². The summed E-state index contributed by atoms with van der Waals surface area (Å²) >= 11 is 12.3. The van der Waals surface area contributed by atoms with Crippen LogP contribution >= 0.6 is 23.2 Å². The van der Waals surface area contributed by atoms with Gasteiger partial charge in [0.05, 0.1) is 30.0 Å². The summed E-state index contributed by atoms with van der Waals surface area (Å²) in [5.41, 5.74) is 1.35. The highest BCUT2D eigenvalue weighted by Crippen LogP contribution is 2.33. The van der Waals surface area contributed by atoms with Crippen LogP contribution in [0.5, 0.6) is 11.5 Å². The van der Waals surface area contributed by atoms with Crippen LogP contribution in [-0.4, -0.2) is 24.2 Å². The molecule has 2 aromatic carbocycles. The lowest BCUT2D eigenvalue weighted by molar-refractivity contribution is 0.355. The van der Waals surface area contributed by atoms with E-state index in [2.05, 4.69) is 20.6 Å². The maximum Gasteiger partial charge on any atom is 0.229 e. The zero-order valence-corrected chi connectivity index (χ0v) is 15.6. The fraction of sp³-hybridized carbons (Fsp3) is 0.111. The van der Waals surface area contributed by atoms with E-state index in [-0.39, 0.29) is 0 Å². The van der Waals surface area contributed by atoms with E-state index in [9.17, 15) is 0 Å². The van der Waals surface area contributed by atoms with Gasteiger partial charge in [-0.25, -0.2) is 4.98 Å². The number of methoxy groups -OCH3 is 2. The number of hydrogen-bond donors (Lipinski definition) is 2. The molecule has 0 aliphatic carbocycles. The number of nitrogens with zero attached hydrogens (tertiary/aromatic N) is 2. The van der Waals surface area contributed by atoms with E-state index in [0.29, 0.717) is 39.0 Å². The van der Waals surface area contributed by atoms with Gasteiger partial charge in [0, 0.05) is 18.0 Å². The fourth-order valence-electron chi connectivity index (χ4n) is 2.28. The van der Waals surface area contributed by atoms with Crippen molar-refractivity contribution in [1.29, 1.82) is 0 Å². The number of para-hydroxylation sites is 1. The van der Waals surface area contributed by atoms with E-state index in [1.54, 1.807) is 44.7 Å². The second-order valence-corrected chi connectivity index (χ2v) is 6.00. The molecule has 0 spiro atoms. The Kier molecular flexibility index (Phi) is 5.65. The predicted molar refractivity (Wildman–Crippen MR) is 105 cm³/mol. The van der Waals surface area contributed by atoms with Crippen molar-refractivity contribution >= 4 is 46.3 Å². The molecule has 1 heterocycles. The van der Waals surface area contributed by atoms with E-state index in [1.807, 2.05) is 18.2 Å². The first kappa shape index (κ1) is 18.1. The lowest BCUT2D eigenvalue weighted by Gasteiger charge is -2.12. The Morgan fingerprint density at radius 2 is 1.62 bits per heavy atom. The molecule has 8 heteroatoms. The Bertz CT molecular complexity index is 901. The predicted octanol–water partition coefficient (Wildman–Crippen LogP) is 5.29. The van der Waals surface area contributed by atoms with Crippen molar-refractivity contribution in [2.45, 2.75) is 0 Å². The number of halogens is 2. The van der Waals surface area contributed by atoms with Crippen LogP contribution in [0.15, 0.2) is 48.7 Å². The van der Waals surface area contributed by atoms with Crippen molar-refractivity contribution in [2.75, 3.05) is 24.9 Å². The zero-order chi connectivity index (χ0) is 18.5. The molecule has 3 rings (SSSR count). The van der Waals surface area contributed by atoms with Gasteiger partial charge in [-0.2, -0.15) is 4.98 Å². The third-order valence-electron chi connectivity index (χ3n) is 3.51. The van der Waals surface area contributed by atoms with Gasteiger partial charge in [-0.3, -0.25) is 0 Å². The van der Waals surface area contributed by atoms with Crippen LogP contribution in [0.2, 0.25) is 10.0 Å². The summed E-state index contributed by atoms with van der Waals surface area (Å²) in [7, 11) is 3.18. The van der Waals surface area contributed by atoms with Crippen molar-refractivity contribution in [3.63, 3.8) is 0 Å². The number of rotatable bonds is 6. The van der Waals surface area contributed by atoms with Crippen LogP contribution in [0.3, 0.4) is 0 Å². The van der Waals surface area contributed by atoms with Gasteiger partial charge in [-0.05, 0) is 30.3 Å². The Morgan fingerprint density at radius 3 is 2.31 bits per heavy atom. The average molecular weight is 391 g/mol. The van der Waals surface area contributed by atoms with Crippen molar-refractivity contribution in [3.05, 3.63) is 58.7 Å². The summed E-state index contributed by atoms with van der Waals surface area (Å²) in [4.78, 5) is 8.62. The third-order valence-corrected chi connectivity index (χ3v) is 4.14. The molecule has 0 saturated heterocycles. The largest absolute Gasteiger partial charge is 0.493 e. The fourth-order valence-corrected chi connectivity index (χ4v) is 2.77. The quantitative estimate of drug-likeness (QED) is 0.595. The van der Waals surface area contributed by atoms with Crippen LogP contribution in [-0.2, 0) is 0 Å². The summed E-state index contributed by atoms with van der Waals surface area (Å²) in [5, 5.41) is 7.20. The molecule has 1 aromatic heterocycles. The maximum atomic E-state index is 6.17. The minimum absolute atomic E-state index is 0.366. The van der Waals surface area contributed by atoms with E-state index < -0.39 is 0 Å². The molecular weight excluding hydrogens is 375 g/mol. The zero-order valence-electron chi connectivity index (χ0n) is 14.1. The highest BCUT2D eigenvalue weighted by Gasteiger charge is 2.09. The molecule has 0 aliphatic heterocycles. The molecular formula is C18H16Cl2N4O2. The van der Waals surface area contributed by atoms with Crippen molar-refractivity contribution in [3.8, 4) is 11.5 Å². The van der Waals surface area contributed by atoms with Crippen LogP contribution in [0.25, 0.3) is 0 Å². The second-order valence-electron chi connectivity index (χ2n) is 5.18. The van der Waals surface area contributed by atoms with Crippen LogP contribution in [0.1, 0.15) is 0 Å². The monoisotopic (exact) mass is 390 g/mol. The minimum Gasteiger partial charge on any atom is -0.493 e. The molecule has 0 atom stereocenters. The molecule has 0 saturated carbocycles. The van der Waals surface area contributed by atoms with Crippen LogP contribution < -0.4 is 20.1 Å². The van der Waals surface area contributed by atoms with Crippen molar-refractivity contribution < 1.29 is 9.47 Å². The van der Waals surface area contributed by atoms with E-state index in [1.165, 1.54) is 0 Å². The SMILES string of the molecule is COc1ccc(Nc2ccnc(Nc3c(Cl)cccc3Cl)n2)cc1OC. The Hall–Kier alpha value is -2.70. The van der Waals surface area contributed by atoms with Gasteiger partial charge >= 0.3 is 0 Å². The van der Waals surface area contributed by atoms with Crippen LogP contribution in [0.4, 0.5) is 23.1 Å². The summed E-state index contributed by atoms with van der Waals surface area (Å²) < 4.78 is 10.5. The lowest BCUT2D eigenvalue weighted by atomic mass is 10.2. The van der Waals surface area contributed by atoms with E-state index >= 15 is 0 Å². The second kappa shape index (κ2) is 8.12. The highest BCUT2D eigenvalue weighted by molar-refractivity contribution is 6.39. The Labute approximate surface area is 161 Å². The molecule has 2 N–H and O–H groups in total. The van der Waals surface area contributed by atoms with Gasteiger partial charge < -0.3 is 20.1 Å². The summed E-state index contributed by atoms with van der Waals surface area (Å²) in [6.07, 6.45) is 1.63. The highest BCUT2D eigenvalue weighted by atomic mass is 35.5. The first-order valence-corrected chi connectivity index (χ1v) is 8.39. The number of aromatic nitrogens is 2. The van der Waals surface area contributed by atoms with E-state index in [4.69, 9.17) is 32.7 Å². The Morgan fingerprint density at radius 1 is 0.885 bits per heavy atom. The van der Waals surface area contributed by atoms with E-state index in [0.717, 1.165) is 5.69 Å². The smallest absolute Gasteiger partial charge is 0.229 e. The van der Waals surface area contributed by atoms with Gasteiger partial charge in [0.15, 0.2) is 11.5 Å². The molecule has 3 aromatic rings. The van der Waals surface area contributed by atoms with Gasteiger partial charge in [-0.1, -0.05) is 29.3 Å². The van der Waals surface area contributed by atoms with Crippen molar-refractivity contribution in [2.24, 2.45) is 0 Å². The minimum atomic E-state index is 0.366. The average Bonchev–Trinajstić information content (AvgIpc) is 2.65. The van der Waals surface area contributed by atoms with Crippen molar-refractivity contribution in [1.82, 2.24) is 9.97 Å². The standard InChI is InChI=1S/C18H16Cl2N4O2/c1-25-14-7-6-11(10-15(14)26-2)22-16-8-9-21-18(23-16)24-17-12(19)4-3-5-13(17)20/h3-10H,1-2H3,(H2,21,22,23,24). The molecule has 0 radical (unpaired) electrons. The first-order valence-electron chi connectivity index (χ1n) is 7.64. The molecule has 0 aliphatic rings. The van der Waals surface area contributed by atoms with Gasteiger partial charge in [0.25, 0.3) is 0 Å². The summed E-state index contributed by atoms with van der Waals surface area (Å²) in [5.74, 6) is 2.23. The number of ether oxygens (including phenoxy) is 2. The van der Waals surface area contributed by atoms with Gasteiger partial charge in [0.2, 0.25) is 5.95 Å². The molecule has 134 valence electrons. The molecule has 0 fully saturated rings. The maximum absolute atomic E-state index is 6.17. The number of anilines is 4. The third kappa shape index (κ3) is 4.09. The number of benzene rings is 2. The molecule has 26 heavy (non-hydrogen) atoms. The van der Waals surface area contributed by atoms with Crippen LogP contribution in [0, 0.1) is 0 Å². The molecule has 6 nitrogen and oxygen atoms in total. The van der Waals surface area contributed by atoms with Gasteiger partial charge in [0.1, 0.15) is 5.82 Å². The summed E-state index contributed by atoms with van der Waals surface area (Å²) in [6, 6.07) is 12.5. The lowest BCUT2D eigenvalue weighted by Crippen LogP contribution is -2.01. The summed E-state index contributed by atoms with van der Waals surface area (Å²) in [6.45, 7) is 0. The number of nitrogens with one attached hydrogen (secondary N) is 2. The molecule has 0 bridgehead atoms. The Balaban J connectivity index is 1.82. The topological polar surface area (TPSA) is 68.3 Å². The molecule has 0 amide bonds.